The van der Waals surface area contributed by atoms with E-state index in [-0.39, 0.29) is 11.5 Å². The summed E-state index contributed by atoms with van der Waals surface area (Å²) in [5.41, 5.74) is 3.33. The van der Waals surface area contributed by atoms with Gasteiger partial charge in [0.2, 0.25) is 0 Å². The molecule has 0 radical (unpaired) electrons. The van der Waals surface area contributed by atoms with Crippen molar-refractivity contribution < 1.29 is 4.79 Å². The van der Waals surface area contributed by atoms with Gasteiger partial charge in [-0.1, -0.05) is 62.8 Å². The zero-order valence-electron chi connectivity index (χ0n) is 14.6. The predicted octanol–water partition coefficient (Wildman–Crippen LogP) is 4.69. The molecule has 0 spiro atoms. The number of hydrogen-bond acceptors (Lipinski definition) is 2. The number of carbonyl (C=O) groups excluding carboxylic acids is 1. The van der Waals surface area contributed by atoms with Crippen LogP contribution in [0.4, 0.5) is 0 Å². The maximum absolute atomic E-state index is 12.1. The fraction of sp³-hybridized carbons (Fsp3) is 0.500. The maximum Gasteiger partial charge on any atom is 0.261 e. The standard InChI is InChI=1S/C20H28N2O/c1-4-5-6-7-8-9-12-22-20(23)19(15-21)14-18-11-10-16(2)13-17(18)3/h10-11,13-14H,4-9,12H2,1-3H3,(H,22,23)/b19-14+. The average Bonchev–Trinajstić information content (AvgIpc) is 2.53. The number of hydrogen-bond donors (Lipinski definition) is 1. The first kappa shape index (κ1) is 19.0. The molecule has 124 valence electrons. The topological polar surface area (TPSA) is 52.9 Å². The van der Waals surface area contributed by atoms with Crippen LogP contribution in [0.15, 0.2) is 23.8 Å². The van der Waals surface area contributed by atoms with E-state index in [2.05, 4.69) is 18.3 Å². The molecule has 1 aromatic rings. The molecule has 0 heterocycles. The molecule has 1 aromatic carbocycles. The first-order valence-corrected chi connectivity index (χ1v) is 8.55. The van der Waals surface area contributed by atoms with E-state index in [1.54, 1.807) is 6.08 Å². The normalized spacial score (nSPS) is 11.1. The Morgan fingerprint density at radius 1 is 1.17 bits per heavy atom. The molecule has 0 aliphatic rings. The third-order valence-corrected chi connectivity index (χ3v) is 3.91. The molecule has 1 amide bonds. The van der Waals surface area contributed by atoms with Crippen molar-refractivity contribution in [1.82, 2.24) is 5.32 Å². The minimum atomic E-state index is -0.277. The number of benzene rings is 1. The molecule has 0 fully saturated rings. The van der Waals surface area contributed by atoms with E-state index in [9.17, 15) is 10.1 Å². The van der Waals surface area contributed by atoms with Crippen LogP contribution in [0.1, 0.15) is 62.1 Å². The first-order chi connectivity index (χ1) is 11.1. The number of aryl methyl sites for hydroxylation is 2. The minimum Gasteiger partial charge on any atom is -0.351 e. The Balaban J connectivity index is 2.49. The summed E-state index contributed by atoms with van der Waals surface area (Å²) in [7, 11) is 0. The SMILES string of the molecule is CCCCCCCCNC(=O)/C(C#N)=C/c1ccc(C)cc1C. The van der Waals surface area contributed by atoms with Crippen molar-refractivity contribution in [2.24, 2.45) is 0 Å². The molecule has 0 saturated carbocycles. The summed E-state index contributed by atoms with van der Waals surface area (Å²) in [5.74, 6) is -0.277. The molecule has 0 aliphatic carbocycles. The van der Waals surface area contributed by atoms with Gasteiger partial charge in [0.15, 0.2) is 0 Å². The second-order valence-electron chi connectivity index (χ2n) is 6.05. The monoisotopic (exact) mass is 312 g/mol. The summed E-state index contributed by atoms with van der Waals surface area (Å²) in [5, 5.41) is 12.1. The Kier molecular flexibility index (Phi) is 8.75. The lowest BCUT2D eigenvalue weighted by Gasteiger charge is -2.06. The van der Waals surface area contributed by atoms with E-state index in [1.165, 1.54) is 31.2 Å². The fourth-order valence-corrected chi connectivity index (χ4v) is 2.49. The molecular formula is C20H28N2O. The van der Waals surface area contributed by atoms with Crippen LogP contribution in [0, 0.1) is 25.2 Å². The van der Waals surface area contributed by atoms with E-state index in [4.69, 9.17) is 0 Å². The van der Waals surface area contributed by atoms with Gasteiger partial charge in [-0.2, -0.15) is 5.26 Å². The quantitative estimate of drug-likeness (QED) is 0.408. The van der Waals surface area contributed by atoms with Crippen molar-refractivity contribution in [1.29, 1.82) is 5.26 Å². The number of rotatable bonds is 9. The molecule has 0 unspecified atom stereocenters. The van der Waals surface area contributed by atoms with Gasteiger partial charge in [-0.05, 0) is 37.5 Å². The number of nitrogens with one attached hydrogen (secondary N) is 1. The van der Waals surface area contributed by atoms with Crippen molar-refractivity contribution in [3.8, 4) is 6.07 Å². The lowest BCUT2D eigenvalue weighted by atomic mass is 10.0. The highest BCUT2D eigenvalue weighted by atomic mass is 16.1. The van der Waals surface area contributed by atoms with Crippen molar-refractivity contribution in [3.05, 3.63) is 40.5 Å². The predicted molar refractivity (Wildman–Crippen MR) is 95.9 cm³/mol. The zero-order valence-corrected chi connectivity index (χ0v) is 14.6. The highest BCUT2D eigenvalue weighted by molar-refractivity contribution is 6.01. The van der Waals surface area contributed by atoms with Gasteiger partial charge in [0.05, 0.1) is 0 Å². The van der Waals surface area contributed by atoms with Gasteiger partial charge < -0.3 is 5.32 Å². The summed E-state index contributed by atoms with van der Waals surface area (Å²) in [6.45, 7) is 6.85. The molecule has 0 aliphatic heterocycles. The van der Waals surface area contributed by atoms with Crippen LogP contribution in [0.25, 0.3) is 6.08 Å². The lowest BCUT2D eigenvalue weighted by molar-refractivity contribution is -0.117. The maximum atomic E-state index is 12.1. The summed E-state index contributed by atoms with van der Waals surface area (Å²) < 4.78 is 0. The minimum absolute atomic E-state index is 0.169. The molecule has 0 aromatic heterocycles. The van der Waals surface area contributed by atoms with Crippen LogP contribution < -0.4 is 5.32 Å². The Bertz CT molecular complexity index is 582. The van der Waals surface area contributed by atoms with Gasteiger partial charge in [-0.25, -0.2) is 0 Å². The van der Waals surface area contributed by atoms with E-state index >= 15 is 0 Å². The number of nitriles is 1. The van der Waals surface area contributed by atoms with Gasteiger partial charge in [-0.15, -0.1) is 0 Å². The van der Waals surface area contributed by atoms with Crippen LogP contribution in [0.2, 0.25) is 0 Å². The summed E-state index contributed by atoms with van der Waals surface area (Å²) in [6, 6.07) is 8.00. The van der Waals surface area contributed by atoms with Crippen LogP contribution in [-0.4, -0.2) is 12.5 Å². The highest BCUT2D eigenvalue weighted by Gasteiger charge is 2.09. The molecule has 0 bridgehead atoms. The van der Waals surface area contributed by atoms with Gasteiger partial charge in [0.1, 0.15) is 11.6 Å². The Labute approximate surface area is 140 Å². The smallest absolute Gasteiger partial charge is 0.261 e. The number of amides is 1. The van der Waals surface area contributed by atoms with Crippen molar-refractivity contribution in [2.75, 3.05) is 6.54 Å². The largest absolute Gasteiger partial charge is 0.351 e. The Morgan fingerprint density at radius 2 is 1.87 bits per heavy atom. The molecular weight excluding hydrogens is 284 g/mol. The molecule has 3 heteroatoms. The van der Waals surface area contributed by atoms with Gasteiger partial charge in [-0.3, -0.25) is 4.79 Å². The van der Waals surface area contributed by atoms with Crippen molar-refractivity contribution >= 4 is 12.0 Å². The van der Waals surface area contributed by atoms with Crippen LogP contribution in [0.3, 0.4) is 0 Å². The summed E-state index contributed by atoms with van der Waals surface area (Å²) >= 11 is 0. The molecule has 0 saturated heterocycles. The molecule has 23 heavy (non-hydrogen) atoms. The third kappa shape index (κ3) is 7.15. The van der Waals surface area contributed by atoms with E-state index < -0.39 is 0 Å². The first-order valence-electron chi connectivity index (χ1n) is 8.55. The fourth-order valence-electron chi connectivity index (χ4n) is 2.49. The summed E-state index contributed by atoms with van der Waals surface area (Å²) in [6.07, 6.45) is 8.77. The highest BCUT2D eigenvalue weighted by Crippen LogP contribution is 2.14. The van der Waals surface area contributed by atoms with E-state index in [0.29, 0.717) is 6.54 Å². The van der Waals surface area contributed by atoms with Crippen molar-refractivity contribution in [3.63, 3.8) is 0 Å². The van der Waals surface area contributed by atoms with Gasteiger partial charge in [0.25, 0.3) is 5.91 Å². The molecule has 1 rings (SSSR count). The Hall–Kier alpha value is -2.08. The van der Waals surface area contributed by atoms with Gasteiger partial charge >= 0.3 is 0 Å². The number of unbranched alkanes of at least 4 members (excludes halogenated alkanes) is 5. The molecule has 0 atom stereocenters. The Morgan fingerprint density at radius 3 is 2.52 bits per heavy atom. The van der Waals surface area contributed by atoms with E-state index in [0.717, 1.165) is 24.0 Å². The average molecular weight is 312 g/mol. The molecule has 1 N–H and O–H groups in total. The number of nitrogens with zero attached hydrogens (tertiary/aromatic N) is 1. The molecule has 3 nitrogen and oxygen atoms in total. The van der Waals surface area contributed by atoms with E-state index in [1.807, 2.05) is 32.0 Å². The van der Waals surface area contributed by atoms with Crippen LogP contribution in [-0.2, 0) is 4.79 Å². The number of carbonyl (C=O) groups is 1. The third-order valence-electron chi connectivity index (χ3n) is 3.91. The second-order valence-corrected chi connectivity index (χ2v) is 6.05. The zero-order chi connectivity index (χ0) is 17.1. The lowest BCUT2D eigenvalue weighted by Crippen LogP contribution is -2.25. The van der Waals surface area contributed by atoms with Crippen LogP contribution in [0.5, 0.6) is 0 Å². The van der Waals surface area contributed by atoms with Crippen LogP contribution >= 0.6 is 0 Å². The van der Waals surface area contributed by atoms with Crippen molar-refractivity contribution in [2.45, 2.75) is 59.3 Å². The second kappa shape index (κ2) is 10.6. The van der Waals surface area contributed by atoms with Gasteiger partial charge in [0, 0.05) is 6.54 Å². The summed E-state index contributed by atoms with van der Waals surface area (Å²) in [4.78, 5) is 12.1.